The monoisotopic (exact) mass is 333 g/mol. The topological polar surface area (TPSA) is 43.9 Å². The number of piperidine rings is 1. The Bertz CT molecular complexity index is 589. The SMILES string of the molecule is CN1CCN(C(=O)C2CCN(C(=O)c3ccc(F)cc3)CC2)CC1. The number of carbonyl (C=O) groups is 2. The summed E-state index contributed by atoms with van der Waals surface area (Å²) in [7, 11) is 2.07. The molecule has 0 aliphatic carbocycles. The first-order chi connectivity index (χ1) is 11.5. The number of benzene rings is 1. The van der Waals surface area contributed by atoms with E-state index in [9.17, 15) is 14.0 Å². The van der Waals surface area contributed by atoms with Gasteiger partial charge in [0.2, 0.25) is 5.91 Å². The molecule has 2 fully saturated rings. The van der Waals surface area contributed by atoms with Crippen molar-refractivity contribution in [3.05, 3.63) is 35.6 Å². The number of hydrogen-bond donors (Lipinski definition) is 0. The summed E-state index contributed by atoms with van der Waals surface area (Å²) in [6.45, 7) is 4.61. The Balaban J connectivity index is 1.52. The van der Waals surface area contributed by atoms with E-state index in [1.807, 2.05) is 4.90 Å². The van der Waals surface area contributed by atoms with Crippen LogP contribution >= 0.6 is 0 Å². The van der Waals surface area contributed by atoms with Crippen LogP contribution in [0, 0.1) is 11.7 Å². The Kier molecular flexibility index (Phi) is 5.14. The van der Waals surface area contributed by atoms with Gasteiger partial charge in [-0.15, -0.1) is 0 Å². The van der Waals surface area contributed by atoms with Crippen LogP contribution in [0.15, 0.2) is 24.3 Å². The number of halogens is 1. The van der Waals surface area contributed by atoms with Gasteiger partial charge in [-0.05, 0) is 44.2 Å². The first-order valence-electron chi connectivity index (χ1n) is 8.57. The third-order valence-corrected chi connectivity index (χ3v) is 5.04. The van der Waals surface area contributed by atoms with Gasteiger partial charge in [0.05, 0.1) is 0 Å². The highest BCUT2D eigenvalue weighted by atomic mass is 19.1. The fourth-order valence-corrected chi connectivity index (χ4v) is 3.39. The lowest BCUT2D eigenvalue weighted by molar-refractivity contribution is -0.138. The molecule has 0 radical (unpaired) electrons. The van der Waals surface area contributed by atoms with Crippen LogP contribution in [0.2, 0.25) is 0 Å². The largest absolute Gasteiger partial charge is 0.340 e. The van der Waals surface area contributed by atoms with E-state index >= 15 is 0 Å². The predicted octanol–water partition coefficient (Wildman–Crippen LogP) is 1.45. The molecule has 6 heteroatoms. The molecule has 1 aromatic rings. The minimum atomic E-state index is -0.344. The number of piperazine rings is 1. The highest BCUT2D eigenvalue weighted by Crippen LogP contribution is 2.22. The van der Waals surface area contributed by atoms with Gasteiger partial charge in [-0.2, -0.15) is 0 Å². The highest BCUT2D eigenvalue weighted by Gasteiger charge is 2.31. The Morgan fingerprint density at radius 3 is 2.08 bits per heavy atom. The molecule has 2 aliphatic rings. The normalized spacial score (nSPS) is 20.2. The number of nitrogens with zero attached hydrogens (tertiary/aromatic N) is 3. The van der Waals surface area contributed by atoms with Gasteiger partial charge in [0.25, 0.3) is 5.91 Å². The zero-order valence-corrected chi connectivity index (χ0v) is 14.1. The summed E-state index contributed by atoms with van der Waals surface area (Å²) >= 11 is 0. The van der Waals surface area contributed by atoms with Crippen molar-refractivity contribution in [3.8, 4) is 0 Å². The van der Waals surface area contributed by atoms with Crippen LogP contribution < -0.4 is 0 Å². The molecule has 2 heterocycles. The number of likely N-dealkylation sites (tertiary alicyclic amines) is 1. The summed E-state index contributed by atoms with van der Waals surface area (Å²) in [6.07, 6.45) is 1.41. The molecule has 1 aromatic carbocycles. The molecule has 0 N–H and O–H groups in total. The van der Waals surface area contributed by atoms with Crippen molar-refractivity contribution < 1.29 is 14.0 Å². The van der Waals surface area contributed by atoms with Crippen LogP contribution in [0.3, 0.4) is 0 Å². The van der Waals surface area contributed by atoms with Crippen LogP contribution in [0.5, 0.6) is 0 Å². The summed E-state index contributed by atoms with van der Waals surface area (Å²) in [5, 5.41) is 0. The van der Waals surface area contributed by atoms with Gasteiger partial charge in [-0.1, -0.05) is 0 Å². The van der Waals surface area contributed by atoms with Crippen LogP contribution in [-0.2, 0) is 4.79 Å². The molecule has 24 heavy (non-hydrogen) atoms. The van der Waals surface area contributed by atoms with E-state index in [0.717, 1.165) is 26.2 Å². The van der Waals surface area contributed by atoms with E-state index in [1.165, 1.54) is 24.3 Å². The zero-order chi connectivity index (χ0) is 17.1. The van der Waals surface area contributed by atoms with E-state index in [0.29, 0.717) is 31.5 Å². The van der Waals surface area contributed by atoms with Crippen LogP contribution in [-0.4, -0.2) is 72.8 Å². The van der Waals surface area contributed by atoms with E-state index < -0.39 is 0 Å². The summed E-state index contributed by atoms with van der Waals surface area (Å²) in [5.74, 6) is -0.175. The van der Waals surface area contributed by atoms with Gasteiger partial charge < -0.3 is 14.7 Å². The van der Waals surface area contributed by atoms with Gasteiger partial charge in [0.15, 0.2) is 0 Å². The fourth-order valence-electron chi connectivity index (χ4n) is 3.39. The lowest BCUT2D eigenvalue weighted by Crippen LogP contribution is -2.51. The lowest BCUT2D eigenvalue weighted by Gasteiger charge is -2.37. The fraction of sp³-hybridized carbons (Fsp3) is 0.556. The second kappa shape index (κ2) is 7.30. The van der Waals surface area contributed by atoms with Crippen molar-refractivity contribution >= 4 is 11.8 Å². The van der Waals surface area contributed by atoms with Gasteiger partial charge in [0.1, 0.15) is 5.82 Å². The average Bonchev–Trinajstić information content (AvgIpc) is 2.62. The number of amides is 2. The van der Waals surface area contributed by atoms with Crippen LogP contribution in [0.4, 0.5) is 4.39 Å². The predicted molar refractivity (Wildman–Crippen MR) is 89.1 cm³/mol. The van der Waals surface area contributed by atoms with Gasteiger partial charge in [-0.25, -0.2) is 4.39 Å². The Hall–Kier alpha value is -1.95. The van der Waals surface area contributed by atoms with E-state index in [4.69, 9.17) is 0 Å². The van der Waals surface area contributed by atoms with Crippen molar-refractivity contribution in [1.29, 1.82) is 0 Å². The molecule has 0 spiro atoms. The second-order valence-electron chi connectivity index (χ2n) is 6.70. The maximum absolute atomic E-state index is 13.0. The van der Waals surface area contributed by atoms with E-state index in [2.05, 4.69) is 11.9 Å². The molecule has 2 saturated heterocycles. The molecule has 2 amide bonds. The minimum Gasteiger partial charge on any atom is -0.340 e. The minimum absolute atomic E-state index is 0.0191. The van der Waals surface area contributed by atoms with Gasteiger partial charge in [-0.3, -0.25) is 9.59 Å². The quantitative estimate of drug-likeness (QED) is 0.823. The van der Waals surface area contributed by atoms with Gasteiger partial charge >= 0.3 is 0 Å². The zero-order valence-electron chi connectivity index (χ0n) is 14.1. The Morgan fingerprint density at radius 2 is 1.50 bits per heavy atom. The molecule has 0 bridgehead atoms. The maximum atomic E-state index is 13.0. The van der Waals surface area contributed by atoms with Crippen molar-refractivity contribution in [2.45, 2.75) is 12.8 Å². The van der Waals surface area contributed by atoms with Gasteiger partial charge in [0, 0.05) is 50.7 Å². The average molecular weight is 333 g/mol. The number of rotatable bonds is 2. The van der Waals surface area contributed by atoms with Crippen molar-refractivity contribution in [2.24, 2.45) is 5.92 Å². The molecule has 0 unspecified atom stereocenters. The second-order valence-corrected chi connectivity index (χ2v) is 6.70. The molecule has 130 valence electrons. The summed E-state index contributed by atoms with van der Waals surface area (Å²) < 4.78 is 13.0. The smallest absolute Gasteiger partial charge is 0.253 e. The van der Waals surface area contributed by atoms with Crippen molar-refractivity contribution in [1.82, 2.24) is 14.7 Å². The summed E-state index contributed by atoms with van der Waals surface area (Å²) in [6, 6.07) is 5.63. The number of likely N-dealkylation sites (N-methyl/N-ethyl adjacent to an activating group) is 1. The molecule has 0 atom stereocenters. The number of carbonyl (C=O) groups excluding carboxylic acids is 2. The summed E-state index contributed by atoms with van der Waals surface area (Å²) in [5.41, 5.74) is 0.500. The first-order valence-corrected chi connectivity index (χ1v) is 8.57. The molecule has 0 saturated carbocycles. The van der Waals surface area contributed by atoms with Crippen LogP contribution in [0.25, 0.3) is 0 Å². The van der Waals surface area contributed by atoms with Crippen molar-refractivity contribution in [3.63, 3.8) is 0 Å². The molecular formula is C18H24FN3O2. The highest BCUT2D eigenvalue weighted by molar-refractivity contribution is 5.94. The molecule has 5 nitrogen and oxygen atoms in total. The van der Waals surface area contributed by atoms with E-state index in [-0.39, 0.29) is 23.5 Å². The third-order valence-electron chi connectivity index (χ3n) is 5.04. The molecule has 2 aliphatic heterocycles. The standard InChI is InChI=1S/C18H24FN3O2/c1-20-10-12-22(13-11-20)18(24)15-6-8-21(9-7-15)17(23)14-2-4-16(19)5-3-14/h2-5,15H,6-13H2,1H3. The number of hydrogen-bond acceptors (Lipinski definition) is 3. The Labute approximate surface area is 142 Å². The molecular weight excluding hydrogens is 309 g/mol. The Morgan fingerprint density at radius 1 is 0.917 bits per heavy atom. The third kappa shape index (κ3) is 3.75. The van der Waals surface area contributed by atoms with Crippen LogP contribution in [0.1, 0.15) is 23.2 Å². The first kappa shape index (κ1) is 16.9. The van der Waals surface area contributed by atoms with Crippen molar-refractivity contribution in [2.75, 3.05) is 46.3 Å². The molecule has 3 rings (SSSR count). The maximum Gasteiger partial charge on any atom is 0.253 e. The van der Waals surface area contributed by atoms with E-state index in [1.54, 1.807) is 4.90 Å². The lowest BCUT2D eigenvalue weighted by atomic mass is 9.94. The molecule has 0 aromatic heterocycles. The summed E-state index contributed by atoms with van der Waals surface area (Å²) in [4.78, 5) is 31.0.